The highest BCUT2D eigenvalue weighted by Crippen LogP contribution is 2.55. The van der Waals surface area contributed by atoms with Gasteiger partial charge in [0, 0.05) is 25.8 Å². The van der Waals surface area contributed by atoms with Crippen molar-refractivity contribution < 1.29 is 4.79 Å². The van der Waals surface area contributed by atoms with E-state index < -0.39 is 23.4 Å². The third kappa shape index (κ3) is 3.35. The largest absolute Gasteiger partial charge is 0.351 e. The number of carbonyl (C=O) groups is 1. The molecular formula is C27H17ClIN3O. The number of carbonyl (C=O) groups excluding carboxylic acids is 1. The molecule has 160 valence electrons. The number of rotatable bonds is 3. The fourth-order valence-electron chi connectivity index (χ4n) is 5.08. The van der Waals surface area contributed by atoms with Gasteiger partial charge in [-0.25, -0.2) is 0 Å². The van der Waals surface area contributed by atoms with Gasteiger partial charge >= 0.3 is 0 Å². The van der Waals surface area contributed by atoms with Crippen LogP contribution in [0.2, 0.25) is 5.02 Å². The van der Waals surface area contributed by atoms with Crippen LogP contribution in [0.25, 0.3) is 6.08 Å². The highest BCUT2D eigenvalue weighted by atomic mass is 127. The Labute approximate surface area is 210 Å². The lowest BCUT2D eigenvalue weighted by Gasteiger charge is -2.35. The zero-order chi connectivity index (χ0) is 23.2. The van der Waals surface area contributed by atoms with Gasteiger partial charge in [-0.1, -0.05) is 66.2 Å². The molecule has 0 unspecified atom stereocenters. The van der Waals surface area contributed by atoms with Gasteiger partial charge in [-0.2, -0.15) is 10.5 Å². The van der Waals surface area contributed by atoms with Crippen LogP contribution >= 0.6 is 34.2 Å². The Balaban J connectivity index is 1.79. The zero-order valence-corrected chi connectivity index (χ0v) is 20.2. The van der Waals surface area contributed by atoms with Crippen molar-refractivity contribution in [3.05, 3.63) is 104 Å². The first kappa shape index (κ1) is 21.7. The van der Waals surface area contributed by atoms with Crippen LogP contribution in [0.3, 0.4) is 0 Å². The molecule has 3 atom stereocenters. The lowest BCUT2D eigenvalue weighted by atomic mass is 9.69. The maximum Gasteiger partial charge on any atom is 0.185 e. The molecule has 3 aromatic rings. The van der Waals surface area contributed by atoms with E-state index in [-0.39, 0.29) is 5.78 Å². The third-order valence-electron chi connectivity index (χ3n) is 6.52. The van der Waals surface area contributed by atoms with Crippen LogP contribution in [0.4, 0.5) is 5.69 Å². The van der Waals surface area contributed by atoms with E-state index in [0.29, 0.717) is 10.6 Å². The van der Waals surface area contributed by atoms with Gasteiger partial charge in [0.1, 0.15) is 6.04 Å². The topological polar surface area (TPSA) is 67.9 Å². The number of benzene rings is 3. The van der Waals surface area contributed by atoms with Gasteiger partial charge in [0.25, 0.3) is 0 Å². The van der Waals surface area contributed by atoms with E-state index in [0.717, 1.165) is 20.4 Å². The molecular weight excluding hydrogens is 545 g/mol. The second-order valence-corrected chi connectivity index (χ2v) is 9.89. The number of halogens is 2. The van der Waals surface area contributed by atoms with Gasteiger partial charge < -0.3 is 4.90 Å². The molecule has 2 aliphatic heterocycles. The van der Waals surface area contributed by atoms with E-state index in [1.165, 1.54) is 0 Å². The SMILES string of the molecule is N#CC1(C#N)[C@@H](c2ccc(I)cc2)[C@@H](C(=O)c2ccccc2)N2c3ccc(Cl)cc3C=C[C@@H]21. The Morgan fingerprint density at radius 1 is 1.00 bits per heavy atom. The molecule has 1 fully saturated rings. The molecule has 0 saturated carbocycles. The van der Waals surface area contributed by atoms with Gasteiger partial charge in [0.05, 0.1) is 18.2 Å². The summed E-state index contributed by atoms with van der Waals surface area (Å²) in [5.74, 6) is -0.763. The number of fused-ring (bicyclic) bond motifs is 3. The predicted octanol–water partition coefficient (Wildman–Crippen LogP) is 6.23. The normalized spacial score (nSPS) is 22.1. The smallest absolute Gasteiger partial charge is 0.185 e. The summed E-state index contributed by atoms with van der Waals surface area (Å²) in [6, 6.07) is 25.6. The molecule has 4 nitrogen and oxygen atoms in total. The van der Waals surface area contributed by atoms with Crippen LogP contribution < -0.4 is 4.90 Å². The minimum absolute atomic E-state index is 0.118. The van der Waals surface area contributed by atoms with Gasteiger partial charge in [0.2, 0.25) is 0 Å². The minimum atomic E-state index is -1.45. The van der Waals surface area contributed by atoms with Gasteiger partial charge in [-0.15, -0.1) is 0 Å². The molecule has 6 heteroatoms. The maximum atomic E-state index is 14.0. The van der Waals surface area contributed by atoms with Crippen molar-refractivity contribution in [2.45, 2.75) is 18.0 Å². The number of nitrogens with zero attached hydrogens (tertiary/aromatic N) is 3. The van der Waals surface area contributed by atoms with Crippen molar-refractivity contribution >= 4 is 51.7 Å². The van der Waals surface area contributed by atoms with Crippen molar-refractivity contribution in [1.29, 1.82) is 10.5 Å². The van der Waals surface area contributed by atoms with Gasteiger partial charge in [-0.05, 0) is 64.0 Å². The molecule has 0 spiro atoms. The molecule has 0 amide bonds. The predicted molar refractivity (Wildman–Crippen MR) is 137 cm³/mol. The molecule has 0 radical (unpaired) electrons. The second-order valence-electron chi connectivity index (χ2n) is 8.21. The number of Topliss-reactive ketones (excluding diaryl/α,β-unsaturated/α-hetero) is 1. The van der Waals surface area contributed by atoms with E-state index in [1.54, 1.807) is 18.2 Å². The molecule has 2 heterocycles. The van der Waals surface area contributed by atoms with Crippen molar-refractivity contribution in [2.24, 2.45) is 5.41 Å². The monoisotopic (exact) mass is 561 g/mol. The average Bonchev–Trinajstić information content (AvgIpc) is 3.15. The highest BCUT2D eigenvalue weighted by molar-refractivity contribution is 14.1. The lowest BCUT2D eigenvalue weighted by Crippen LogP contribution is -2.44. The number of hydrogen-bond acceptors (Lipinski definition) is 4. The average molecular weight is 562 g/mol. The van der Waals surface area contributed by atoms with Crippen molar-refractivity contribution in [3.63, 3.8) is 0 Å². The Hall–Kier alpha value is -3.13. The molecule has 0 N–H and O–H groups in total. The molecule has 0 aromatic heterocycles. The van der Waals surface area contributed by atoms with Crippen molar-refractivity contribution in [3.8, 4) is 12.1 Å². The van der Waals surface area contributed by atoms with Gasteiger partial charge in [-0.3, -0.25) is 4.79 Å². The minimum Gasteiger partial charge on any atom is -0.351 e. The fraction of sp³-hybridized carbons (Fsp3) is 0.148. The van der Waals surface area contributed by atoms with E-state index in [9.17, 15) is 15.3 Å². The molecule has 33 heavy (non-hydrogen) atoms. The third-order valence-corrected chi connectivity index (χ3v) is 7.48. The van der Waals surface area contributed by atoms with E-state index in [4.69, 9.17) is 11.6 Å². The first-order chi connectivity index (χ1) is 16.0. The summed E-state index contributed by atoms with van der Waals surface area (Å²) in [5, 5.41) is 21.5. The summed E-state index contributed by atoms with van der Waals surface area (Å²) in [7, 11) is 0. The second kappa shape index (κ2) is 8.33. The number of anilines is 1. The van der Waals surface area contributed by atoms with E-state index >= 15 is 0 Å². The molecule has 0 bridgehead atoms. The highest BCUT2D eigenvalue weighted by Gasteiger charge is 2.63. The Bertz CT molecular complexity index is 1340. The fourth-order valence-corrected chi connectivity index (χ4v) is 5.62. The Kier molecular flexibility index (Phi) is 5.48. The first-order valence-electron chi connectivity index (χ1n) is 10.4. The summed E-state index contributed by atoms with van der Waals surface area (Å²) in [5.41, 5.74) is 1.55. The van der Waals surface area contributed by atoms with Crippen LogP contribution in [0.5, 0.6) is 0 Å². The number of hydrogen-bond donors (Lipinski definition) is 0. The van der Waals surface area contributed by atoms with Crippen LogP contribution in [-0.4, -0.2) is 17.9 Å². The maximum absolute atomic E-state index is 14.0. The number of nitriles is 2. The Morgan fingerprint density at radius 3 is 2.36 bits per heavy atom. The first-order valence-corrected chi connectivity index (χ1v) is 11.9. The molecule has 1 saturated heterocycles. The van der Waals surface area contributed by atoms with E-state index in [1.807, 2.05) is 71.6 Å². The summed E-state index contributed by atoms with van der Waals surface area (Å²) < 4.78 is 1.04. The Morgan fingerprint density at radius 2 is 1.70 bits per heavy atom. The van der Waals surface area contributed by atoms with Gasteiger partial charge in [0.15, 0.2) is 11.2 Å². The summed E-state index contributed by atoms with van der Waals surface area (Å²) >= 11 is 8.46. The van der Waals surface area contributed by atoms with Crippen molar-refractivity contribution in [2.75, 3.05) is 4.90 Å². The molecule has 3 aromatic carbocycles. The van der Waals surface area contributed by atoms with Crippen LogP contribution in [0.1, 0.15) is 27.4 Å². The van der Waals surface area contributed by atoms with Crippen LogP contribution in [0.15, 0.2) is 78.9 Å². The van der Waals surface area contributed by atoms with E-state index in [2.05, 4.69) is 34.7 Å². The van der Waals surface area contributed by atoms with Crippen molar-refractivity contribution in [1.82, 2.24) is 0 Å². The zero-order valence-electron chi connectivity index (χ0n) is 17.3. The van der Waals surface area contributed by atoms with Crippen LogP contribution in [0, 0.1) is 31.6 Å². The lowest BCUT2D eigenvalue weighted by molar-refractivity contribution is 0.0951. The molecule has 5 rings (SSSR count). The summed E-state index contributed by atoms with van der Waals surface area (Å²) in [6.07, 6.45) is 3.76. The number of ketones is 1. The molecule has 2 aliphatic rings. The van der Waals surface area contributed by atoms with Crippen LogP contribution in [-0.2, 0) is 0 Å². The standard InChI is InChI=1S/C27H17ClIN3O/c28-20-9-12-22-19(14-20)8-13-23-27(15-30,16-31)24(17-6-10-21(29)11-7-17)25(32(22)23)26(33)18-4-2-1-3-5-18/h1-14,23-25H/t23-,24+,25+/m1/s1. The quantitative estimate of drug-likeness (QED) is 0.281. The molecule has 0 aliphatic carbocycles. The summed E-state index contributed by atoms with van der Waals surface area (Å²) in [4.78, 5) is 16.0. The summed E-state index contributed by atoms with van der Waals surface area (Å²) in [6.45, 7) is 0.